The number of thioether (sulfide) groups is 1. The normalized spacial score (nSPS) is 15.8. The zero-order valence-electron chi connectivity index (χ0n) is 14.9. The first-order valence-corrected chi connectivity index (χ1v) is 9.90. The zero-order chi connectivity index (χ0) is 17.6. The van der Waals surface area contributed by atoms with E-state index in [0.29, 0.717) is 17.0 Å². The van der Waals surface area contributed by atoms with E-state index in [1.807, 2.05) is 19.1 Å². The van der Waals surface area contributed by atoms with Gasteiger partial charge in [0, 0.05) is 6.04 Å². The molecule has 1 N–H and O–H groups in total. The maximum atomic E-state index is 12.3. The van der Waals surface area contributed by atoms with Crippen molar-refractivity contribution in [2.24, 2.45) is 0 Å². The highest BCUT2D eigenvalue weighted by Crippen LogP contribution is 2.22. The lowest BCUT2D eigenvalue weighted by atomic mass is 10.1. The molecule has 1 aliphatic carbocycles. The van der Waals surface area contributed by atoms with Crippen LogP contribution in [0.3, 0.4) is 0 Å². The van der Waals surface area contributed by atoms with Gasteiger partial charge < -0.3 is 5.32 Å². The first-order valence-electron chi connectivity index (χ1n) is 8.91. The quantitative estimate of drug-likeness (QED) is 0.655. The number of nitrogens with one attached hydrogen (secondary N) is 1. The Morgan fingerprint density at radius 1 is 1.24 bits per heavy atom. The van der Waals surface area contributed by atoms with Gasteiger partial charge >= 0.3 is 0 Å². The molecular formula is C18H25N5OS. The summed E-state index contributed by atoms with van der Waals surface area (Å²) in [6.45, 7) is 4.10. The summed E-state index contributed by atoms with van der Waals surface area (Å²) in [6.07, 6.45) is 7.18. The van der Waals surface area contributed by atoms with Gasteiger partial charge in [0.15, 0.2) is 0 Å². The number of hydrogen-bond donors (Lipinski definition) is 1. The molecule has 1 aliphatic rings. The Morgan fingerprint density at radius 3 is 2.72 bits per heavy atom. The lowest BCUT2D eigenvalue weighted by Crippen LogP contribution is -2.35. The first kappa shape index (κ1) is 17.9. The lowest BCUT2D eigenvalue weighted by molar-refractivity contribution is -0.119. The van der Waals surface area contributed by atoms with E-state index in [-0.39, 0.29) is 5.91 Å². The van der Waals surface area contributed by atoms with Gasteiger partial charge in [-0.2, -0.15) is 4.68 Å². The highest BCUT2D eigenvalue weighted by Gasteiger charge is 2.17. The van der Waals surface area contributed by atoms with Crippen LogP contribution in [-0.2, 0) is 4.79 Å². The molecule has 1 fully saturated rings. The van der Waals surface area contributed by atoms with Crippen LogP contribution >= 0.6 is 11.8 Å². The fraction of sp³-hybridized carbons (Fsp3) is 0.556. The van der Waals surface area contributed by atoms with Crippen LogP contribution in [0.4, 0.5) is 0 Å². The van der Waals surface area contributed by atoms with Gasteiger partial charge in [0.2, 0.25) is 11.1 Å². The van der Waals surface area contributed by atoms with Crippen LogP contribution in [0, 0.1) is 13.8 Å². The van der Waals surface area contributed by atoms with E-state index in [9.17, 15) is 4.79 Å². The van der Waals surface area contributed by atoms with E-state index in [1.54, 1.807) is 4.68 Å². The summed E-state index contributed by atoms with van der Waals surface area (Å²) in [5, 5.41) is 15.7. The minimum Gasteiger partial charge on any atom is -0.353 e. The average molecular weight is 359 g/mol. The number of rotatable bonds is 5. The van der Waals surface area contributed by atoms with Crippen molar-refractivity contribution < 1.29 is 4.79 Å². The number of amides is 1. The molecule has 0 unspecified atom stereocenters. The minimum atomic E-state index is 0.0621. The van der Waals surface area contributed by atoms with Gasteiger partial charge in [-0.15, -0.1) is 5.10 Å². The Bertz CT molecular complexity index is 722. The molecule has 0 atom stereocenters. The number of hydrogen-bond acceptors (Lipinski definition) is 5. The Labute approximate surface area is 152 Å². The number of carbonyl (C=O) groups is 1. The molecule has 1 aromatic carbocycles. The largest absolute Gasteiger partial charge is 0.353 e. The highest BCUT2D eigenvalue weighted by atomic mass is 32.2. The lowest BCUT2D eigenvalue weighted by Gasteiger charge is -2.15. The van der Waals surface area contributed by atoms with E-state index >= 15 is 0 Å². The van der Waals surface area contributed by atoms with Gasteiger partial charge in [-0.25, -0.2) is 0 Å². The molecular weight excluding hydrogens is 334 g/mol. The number of aryl methyl sites for hydroxylation is 2. The number of nitrogens with zero attached hydrogens (tertiary/aromatic N) is 4. The second-order valence-corrected chi connectivity index (χ2v) is 7.65. The van der Waals surface area contributed by atoms with Crippen molar-refractivity contribution in [3.63, 3.8) is 0 Å². The molecule has 0 radical (unpaired) electrons. The van der Waals surface area contributed by atoms with Crippen molar-refractivity contribution in [3.8, 4) is 5.69 Å². The van der Waals surface area contributed by atoms with Gasteiger partial charge in [-0.1, -0.05) is 55.1 Å². The summed E-state index contributed by atoms with van der Waals surface area (Å²) in [5.41, 5.74) is 3.26. The standard InChI is InChI=1S/C18H25N5OS/c1-13-9-10-16(14(2)11-13)23-18(20-21-22-23)25-12-17(24)19-15-7-5-3-4-6-8-15/h9-11,15H,3-8,12H2,1-2H3,(H,19,24). The summed E-state index contributed by atoms with van der Waals surface area (Å²) in [5.74, 6) is 0.397. The fourth-order valence-electron chi connectivity index (χ4n) is 3.29. The van der Waals surface area contributed by atoms with E-state index in [0.717, 1.165) is 24.1 Å². The predicted molar refractivity (Wildman–Crippen MR) is 99.0 cm³/mol. The van der Waals surface area contributed by atoms with Crippen molar-refractivity contribution >= 4 is 17.7 Å². The maximum Gasteiger partial charge on any atom is 0.230 e. The Kier molecular flexibility index (Phi) is 6.07. The van der Waals surface area contributed by atoms with E-state index in [4.69, 9.17) is 0 Å². The second-order valence-electron chi connectivity index (χ2n) is 6.71. The zero-order valence-corrected chi connectivity index (χ0v) is 15.7. The summed E-state index contributed by atoms with van der Waals surface area (Å²) in [4.78, 5) is 12.3. The molecule has 2 aromatic rings. The molecule has 7 heteroatoms. The molecule has 0 spiro atoms. The van der Waals surface area contributed by atoms with Crippen LogP contribution in [0.15, 0.2) is 23.4 Å². The maximum absolute atomic E-state index is 12.3. The topological polar surface area (TPSA) is 72.7 Å². The van der Waals surface area contributed by atoms with Crippen molar-refractivity contribution in [2.75, 3.05) is 5.75 Å². The Hall–Kier alpha value is -1.89. The molecule has 0 bridgehead atoms. The highest BCUT2D eigenvalue weighted by molar-refractivity contribution is 7.99. The smallest absolute Gasteiger partial charge is 0.230 e. The number of carbonyl (C=O) groups excluding carboxylic acids is 1. The Balaban J connectivity index is 1.60. The van der Waals surface area contributed by atoms with Crippen LogP contribution in [0.2, 0.25) is 0 Å². The van der Waals surface area contributed by atoms with Crippen molar-refractivity contribution in [1.29, 1.82) is 0 Å². The third-order valence-electron chi connectivity index (χ3n) is 4.57. The predicted octanol–water partition coefficient (Wildman–Crippen LogP) is 3.21. The molecule has 25 heavy (non-hydrogen) atoms. The molecule has 1 amide bonds. The Morgan fingerprint density at radius 2 is 2.00 bits per heavy atom. The molecule has 134 valence electrons. The first-order chi connectivity index (χ1) is 12.1. The molecule has 1 aromatic heterocycles. The number of benzene rings is 1. The van der Waals surface area contributed by atoms with Gasteiger partial charge in [-0.3, -0.25) is 4.79 Å². The summed E-state index contributed by atoms with van der Waals surface area (Å²) >= 11 is 1.38. The molecule has 6 nitrogen and oxygen atoms in total. The third kappa shape index (κ3) is 4.81. The van der Waals surface area contributed by atoms with Crippen molar-refractivity contribution in [3.05, 3.63) is 29.3 Å². The molecule has 1 saturated carbocycles. The van der Waals surface area contributed by atoms with E-state index in [1.165, 1.54) is 43.0 Å². The van der Waals surface area contributed by atoms with Crippen molar-refractivity contribution in [2.45, 2.75) is 63.6 Å². The molecule has 0 saturated heterocycles. The molecule has 1 heterocycles. The third-order valence-corrected chi connectivity index (χ3v) is 5.49. The van der Waals surface area contributed by atoms with Crippen LogP contribution in [-0.4, -0.2) is 37.9 Å². The van der Waals surface area contributed by atoms with Gasteiger partial charge in [0.25, 0.3) is 0 Å². The van der Waals surface area contributed by atoms with Gasteiger partial charge in [0.1, 0.15) is 0 Å². The number of tetrazole rings is 1. The van der Waals surface area contributed by atoms with E-state index in [2.05, 4.69) is 33.8 Å². The molecule has 0 aliphatic heterocycles. The van der Waals surface area contributed by atoms with Gasteiger partial charge in [0.05, 0.1) is 11.4 Å². The van der Waals surface area contributed by atoms with E-state index < -0.39 is 0 Å². The van der Waals surface area contributed by atoms with Crippen molar-refractivity contribution in [1.82, 2.24) is 25.5 Å². The average Bonchev–Trinajstić information content (AvgIpc) is 2.89. The van der Waals surface area contributed by atoms with Crippen LogP contribution < -0.4 is 5.32 Å². The summed E-state index contributed by atoms with van der Waals surface area (Å²) in [6, 6.07) is 6.48. The fourth-order valence-corrected chi connectivity index (χ4v) is 3.98. The number of aromatic nitrogens is 4. The van der Waals surface area contributed by atoms with Crippen LogP contribution in [0.1, 0.15) is 49.7 Å². The second kappa shape index (κ2) is 8.47. The van der Waals surface area contributed by atoms with Gasteiger partial charge in [-0.05, 0) is 48.7 Å². The van der Waals surface area contributed by atoms with Crippen LogP contribution in [0.5, 0.6) is 0 Å². The monoisotopic (exact) mass is 359 g/mol. The molecule has 3 rings (SSSR count). The SMILES string of the molecule is Cc1ccc(-n2nnnc2SCC(=O)NC2CCCCCC2)c(C)c1. The summed E-state index contributed by atoms with van der Waals surface area (Å²) < 4.78 is 1.71. The minimum absolute atomic E-state index is 0.0621. The van der Waals surface area contributed by atoms with Crippen LogP contribution in [0.25, 0.3) is 5.69 Å². The summed E-state index contributed by atoms with van der Waals surface area (Å²) in [7, 11) is 0.